The van der Waals surface area contributed by atoms with E-state index in [0.717, 1.165) is 12.8 Å². The van der Waals surface area contributed by atoms with Gasteiger partial charge >= 0.3 is 6.18 Å². The van der Waals surface area contributed by atoms with E-state index >= 15 is 0 Å². The number of alkyl halides is 3. The number of piperidine rings is 1. The first kappa shape index (κ1) is 28.3. The van der Waals surface area contributed by atoms with Gasteiger partial charge in [0.2, 0.25) is 0 Å². The molecule has 6 nitrogen and oxygen atoms in total. The summed E-state index contributed by atoms with van der Waals surface area (Å²) in [6.45, 7) is 4.11. The van der Waals surface area contributed by atoms with Crippen molar-refractivity contribution in [1.82, 2.24) is 14.8 Å². The highest BCUT2D eigenvalue weighted by Crippen LogP contribution is 2.53. The molecule has 0 spiro atoms. The van der Waals surface area contributed by atoms with Gasteiger partial charge in [-0.1, -0.05) is 12.5 Å². The number of hydrogen-bond acceptors (Lipinski definition) is 6. The molecular formula is C29H37F4N3O3. The van der Waals surface area contributed by atoms with Crippen LogP contribution in [0.5, 0.6) is 5.75 Å². The molecule has 1 aliphatic carbocycles. The highest BCUT2D eigenvalue weighted by molar-refractivity contribution is 5.60. The zero-order valence-electron chi connectivity index (χ0n) is 22.2. The summed E-state index contributed by atoms with van der Waals surface area (Å²) in [7, 11) is 0. The summed E-state index contributed by atoms with van der Waals surface area (Å²) in [4.78, 5) is 8.06. The molecule has 2 aliphatic heterocycles. The lowest BCUT2D eigenvalue weighted by molar-refractivity contribution is -0.256. The summed E-state index contributed by atoms with van der Waals surface area (Å²) in [5.74, 6) is 0.321. The summed E-state index contributed by atoms with van der Waals surface area (Å²) in [5.41, 5.74) is -0.347. The number of aliphatic hydroxyl groups excluding tert-OH is 2. The number of β-amino-alcohol motifs (C(OH)–C–C–N with tert-alkyl or cyclic N) is 1. The van der Waals surface area contributed by atoms with Gasteiger partial charge in [0.25, 0.3) is 0 Å². The molecule has 2 aromatic rings. The summed E-state index contributed by atoms with van der Waals surface area (Å²) in [5, 5.41) is 20.5. The Hall–Kier alpha value is -2.27. The van der Waals surface area contributed by atoms with Gasteiger partial charge in [0.1, 0.15) is 17.8 Å². The SMILES string of the molecule is C[C@H]1C[C@@H](O)CN1C(O)c1ccc(-c2ccc(OCC3CCN(CC4(C(F)(F)F)CCC4)CC3)cn2)c(F)c1. The molecule has 2 saturated heterocycles. The maximum absolute atomic E-state index is 15.0. The van der Waals surface area contributed by atoms with Gasteiger partial charge in [0.15, 0.2) is 0 Å². The van der Waals surface area contributed by atoms with E-state index in [1.54, 1.807) is 35.4 Å². The molecule has 2 N–H and O–H groups in total. The monoisotopic (exact) mass is 551 g/mol. The van der Waals surface area contributed by atoms with Crippen molar-refractivity contribution in [3.05, 3.63) is 47.9 Å². The van der Waals surface area contributed by atoms with Crippen LogP contribution < -0.4 is 4.74 Å². The van der Waals surface area contributed by atoms with Crippen LogP contribution in [-0.2, 0) is 0 Å². The highest BCUT2D eigenvalue weighted by atomic mass is 19.4. The molecule has 0 radical (unpaired) electrons. The van der Waals surface area contributed by atoms with Crippen LogP contribution in [0.25, 0.3) is 11.3 Å². The van der Waals surface area contributed by atoms with E-state index < -0.39 is 29.7 Å². The first-order valence-electron chi connectivity index (χ1n) is 13.8. The minimum Gasteiger partial charge on any atom is -0.492 e. The molecule has 1 aromatic heterocycles. The normalized spacial score (nSPS) is 25.4. The van der Waals surface area contributed by atoms with Crippen LogP contribution in [0.2, 0.25) is 0 Å². The molecule has 1 unspecified atom stereocenters. The topological polar surface area (TPSA) is 69.1 Å². The fourth-order valence-corrected chi connectivity index (χ4v) is 6.17. The van der Waals surface area contributed by atoms with Crippen LogP contribution in [0, 0.1) is 17.2 Å². The highest BCUT2D eigenvalue weighted by Gasteiger charge is 2.58. The van der Waals surface area contributed by atoms with Crippen molar-refractivity contribution in [2.45, 2.75) is 70.0 Å². The minimum absolute atomic E-state index is 0.00618. The molecular weight excluding hydrogens is 514 g/mol. The van der Waals surface area contributed by atoms with Crippen LogP contribution in [0.3, 0.4) is 0 Å². The average molecular weight is 552 g/mol. The van der Waals surface area contributed by atoms with Gasteiger partial charge in [-0.25, -0.2) is 4.39 Å². The largest absolute Gasteiger partial charge is 0.492 e. The Bertz CT molecular complexity index is 1120. The van der Waals surface area contributed by atoms with Crippen LogP contribution in [0.15, 0.2) is 36.5 Å². The molecule has 39 heavy (non-hydrogen) atoms. The fraction of sp³-hybridized carbons (Fsp3) is 0.621. The quantitative estimate of drug-likeness (QED) is 0.442. The number of hydrogen-bond donors (Lipinski definition) is 2. The second kappa shape index (κ2) is 11.3. The molecule has 1 aromatic carbocycles. The number of benzene rings is 1. The van der Waals surface area contributed by atoms with E-state index in [4.69, 9.17) is 4.74 Å². The molecule has 3 atom stereocenters. The zero-order chi connectivity index (χ0) is 27.8. The second-order valence-electron chi connectivity index (χ2n) is 11.6. The lowest BCUT2D eigenvalue weighted by atomic mass is 9.67. The Kier molecular flexibility index (Phi) is 8.20. The Morgan fingerprint density at radius 3 is 2.44 bits per heavy atom. The predicted octanol–water partition coefficient (Wildman–Crippen LogP) is 5.16. The third-order valence-electron chi connectivity index (χ3n) is 8.85. The van der Waals surface area contributed by atoms with E-state index in [2.05, 4.69) is 4.98 Å². The first-order valence-corrected chi connectivity index (χ1v) is 13.8. The second-order valence-corrected chi connectivity index (χ2v) is 11.6. The summed E-state index contributed by atoms with van der Waals surface area (Å²) in [6, 6.07) is 7.97. The molecule has 3 aliphatic rings. The molecule has 0 amide bonds. The summed E-state index contributed by atoms with van der Waals surface area (Å²) < 4.78 is 61.3. The van der Waals surface area contributed by atoms with Gasteiger partial charge in [0, 0.05) is 24.7 Å². The molecule has 1 saturated carbocycles. The average Bonchev–Trinajstić information content (AvgIpc) is 3.22. The zero-order valence-corrected chi connectivity index (χ0v) is 22.2. The van der Waals surface area contributed by atoms with Gasteiger partial charge in [-0.05, 0) is 87.9 Å². The van der Waals surface area contributed by atoms with Crippen molar-refractivity contribution in [3.63, 3.8) is 0 Å². The lowest BCUT2D eigenvalue weighted by Crippen LogP contribution is -2.53. The van der Waals surface area contributed by atoms with Crippen LogP contribution in [-0.4, -0.2) is 76.1 Å². The predicted molar refractivity (Wildman–Crippen MR) is 138 cm³/mol. The maximum atomic E-state index is 15.0. The van der Waals surface area contributed by atoms with Crippen molar-refractivity contribution in [2.24, 2.45) is 11.3 Å². The first-order chi connectivity index (χ1) is 18.5. The molecule has 3 heterocycles. The molecule has 214 valence electrons. The maximum Gasteiger partial charge on any atom is 0.395 e. The van der Waals surface area contributed by atoms with Crippen LogP contribution >= 0.6 is 0 Å². The summed E-state index contributed by atoms with van der Waals surface area (Å²) >= 11 is 0. The third kappa shape index (κ3) is 6.09. The number of likely N-dealkylation sites (tertiary alicyclic amines) is 2. The number of aliphatic hydroxyl groups is 2. The number of aromatic nitrogens is 1. The standard InChI is InChI=1S/C29H37F4N3O3/c1-19-13-22(37)16-36(19)27(38)21-3-5-24(25(30)14-21)26-6-4-23(15-34-26)39-17-20-7-11-35(12-8-20)18-28(9-2-10-28)29(31,32)33/h3-6,14-15,19-20,22,27,37-38H,2,7-13,16-18H2,1H3/t19-,22+,27?/m0/s1. The Labute approximate surface area is 226 Å². The van der Waals surface area contributed by atoms with Gasteiger partial charge in [0.05, 0.1) is 30.0 Å². The van der Waals surface area contributed by atoms with Crippen molar-refractivity contribution in [1.29, 1.82) is 0 Å². The number of ether oxygens (including phenoxy) is 1. The van der Waals surface area contributed by atoms with Gasteiger partial charge in [-0.2, -0.15) is 13.2 Å². The van der Waals surface area contributed by atoms with E-state index in [-0.39, 0.29) is 31.3 Å². The molecule has 0 bridgehead atoms. The Morgan fingerprint density at radius 1 is 1.15 bits per heavy atom. The summed E-state index contributed by atoms with van der Waals surface area (Å²) in [6.07, 6.45) is -0.811. The van der Waals surface area contributed by atoms with Crippen molar-refractivity contribution in [3.8, 4) is 17.0 Å². The number of halogens is 4. The van der Waals surface area contributed by atoms with Gasteiger partial charge in [-0.3, -0.25) is 9.88 Å². The van der Waals surface area contributed by atoms with E-state index in [0.29, 0.717) is 61.7 Å². The number of rotatable bonds is 8. The lowest BCUT2D eigenvalue weighted by Gasteiger charge is -2.47. The Morgan fingerprint density at radius 2 is 1.90 bits per heavy atom. The Balaban J connectivity index is 1.11. The van der Waals surface area contributed by atoms with Crippen molar-refractivity contribution >= 4 is 0 Å². The molecule has 3 fully saturated rings. The smallest absolute Gasteiger partial charge is 0.395 e. The molecule has 10 heteroatoms. The minimum atomic E-state index is -4.13. The fourth-order valence-electron chi connectivity index (χ4n) is 6.17. The van der Waals surface area contributed by atoms with Crippen LogP contribution in [0.1, 0.15) is 57.2 Å². The number of nitrogens with zero attached hydrogens (tertiary/aromatic N) is 3. The van der Waals surface area contributed by atoms with Crippen molar-refractivity contribution < 1.29 is 32.5 Å². The third-order valence-corrected chi connectivity index (χ3v) is 8.85. The van der Waals surface area contributed by atoms with E-state index in [9.17, 15) is 27.8 Å². The number of pyridine rings is 1. The van der Waals surface area contributed by atoms with E-state index in [1.807, 2.05) is 11.8 Å². The molecule has 5 rings (SSSR count). The van der Waals surface area contributed by atoms with Crippen LogP contribution in [0.4, 0.5) is 17.6 Å². The van der Waals surface area contributed by atoms with Gasteiger partial charge < -0.3 is 19.8 Å². The van der Waals surface area contributed by atoms with Gasteiger partial charge in [-0.15, -0.1) is 0 Å². The van der Waals surface area contributed by atoms with E-state index in [1.165, 1.54) is 6.07 Å². The van der Waals surface area contributed by atoms with Crippen molar-refractivity contribution in [2.75, 3.05) is 32.8 Å².